The van der Waals surface area contributed by atoms with Gasteiger partial charge in [-0.3, -0.25) is 9.97 Å². The Morgan fingerprint density at radius 3 is 0.879 bits per heavy atom. The van der Waals surface area contributed by atoms with Gasteiger partial charge < -0.3 is 24.5 Å². The third kappa shape index (κ3) is 42.4. The molecule has 6 heterocycles. The van der Waals surface area contributed by atoms with Crippen molar-refractivity contribution in [1.29, 1.82) is 0 Å². The zero-order chi connectivity index (χ0) is 71.2. The van der Waals surface area contributed by atoms with Gasteiger partial charge in [-0.1, -0.05) is 241 Å². The molecule has 3 saturated carbocycles. The average molecular weight is 1280 g/mol. The molecule has 3 aliphatic carbocycles. The molecule has 0 amide bonds. The molecule has 4 saturated heterocycles. The van der Waals surface area contributed by atoms with E-state index in [1.54, 1.807) is 6.20 Å². The maximum absolute atomic E-state index is 8.98. The molecule has 7 fully saturated rings. The van der Waals surface area contributed by atoms with Crippen LogP contribution >= 0.6 is 0 Å². The monoisotopic (exact) mass is 1270 g/mol. The summed E-state index contributed by atoms with van der Waals surface area (Å²) in [5.74, 6) is 6.43. The van der Waals surface area contributed by atoms with Crippen molar-refractivity contribution < 1.29 is 9.84 Å². The highest BCUT2D eigenvalue weighted by Gasteiger charge is 2.37. The summed E-state index contributed by atoms with van der Waals surface area (Å²) in [7, 11) is 6.62. The lowest BCUT2D eigenvalue weighted by atomic mass is 9.67. The van der Waals surface area contributed by atoms with Gasteiger partial charge in [-0.25, -0.2) is 0 Å². The summed E-state index contributed by atoms with van der Waals surface area (Å²) >= 11 is 0. The standard InChI is InChI=1S/C10H21N.C9H19N.2C9H13N.C9H20.C8H17N.C8H16O.C8H16.C7H14O.C7H14/c1-10(2,3)9-5-7-11(4)8-6-9;1-9(2,3)8-5-6-10(4)7-8;1-9(2,3)8-4-6-10-7-5-8;1-9(2,3)8-5-4-6-10-7-8;1-8(2,3)7-9(4,5)6;1-8(2,3)7-5-9(4)6-7;1-8(2,3)6-4-7(9)5-6;1-8(2,3)7-5-4-6-7;1-7(2,3)6-4-8-5-6;1-7(2,3)6-4-5-6/h9H,5-8H2,1-4H3;8H,5-7H2,1-4H3;2*4-7H,1-3H3;7H2,1-6H3;7H,5-6H2,1-4H3;6-7,9H,4-5H2,1-3H3;7H,4-6H2,1-3H3;6H,4-5H2,1-3H3;6H,4-5H2,1-3H3. The van der Waals surface area contributed by atoms with Crippen LogP contribution in [0.15, 0.2) is 49.1 Å². The quantitative estimate of drug-likeness (QED) is 0.282. The van der Waals surface area contributed by atoms with Crippen molar-refractivity contribution >= 4 is 0 Å². The molecule has 7 nitrogen and oxygen atoms in total. The molecule has 9 rings (SSSR count). The van der Waals surface area contributed by atoms with Crippen molar-refractivity contribution in [2.24, 2.45) is 90.2 Å². The van der Waals surface area contributed by atoms with E-state index in [9.17, 15) is 0 Å². The summed E-state index contributed by atoms with van der Waals surface area (Å²) < 4.78 is 5.06. The molecule has 7 heteroatoms. The van der Waals surface area contributed by atoms with Gasteiger partial charge in [-0.2, -0.15) is 0 Å². The molecular weight excluding hydrogens is 1110 g/mol. The minimum atomic E-state index is 0.00854. The number of likely N-dealkylation sites (tertiary alicyclic amines) is 3. The van der Waals surface area contributed by atoms with Gasteiger partial charge in [0.05, 0.1) is 19.3 Å². The first-order chi connectivity index (χ1) is 40.7. The summed E-state index contributed by atoms with van der Waals surface area (Å²) in [4.78, 5) is 15.2. The number of rotatable bonds is 0. The van der Waals surface area contributed by atoms with Crippen LogP contribution in [-0.4, -0.2) is 110 Å². The first-order valence-electron chi connectivity index (χ1n) is 36.9. The van der Waals surface area contributed by atoms with Gasteiger partial charge in [0.15, 0.2) is 0 Å². The van der Waals surface area contributed by atoms with Crippen LogP contribution in [0.25, 0.3) is 0 Å². The summed E-state index contributed by atoms with van der Waals surface area (Å²) in [6, 6.07) is 8.19. The van der Waals surface area contributed by atoms with Crippen LogP contribution in [0.1, 0.15) is 310 Å². The van der Waals surface area contributed by atoms with E-state index in [1.807, 2.05) is 24.7 Å². The van der Waals surface area contributed by atoms with E-state index in [-0.39, 0.29) is 16.9 Å². The molecule has 1 N–H and O–H groups in total. The molecular formula is C84H163N5O2. The van der Waals surface area contributed by atoms with Gasteiger partial charge in [0.2, 0.25) is 0 Å². The number of pyridine rings is 2. The van der Waals surface area contributed by atoms with E-state index in [4.69, 9.17) is 9.84 Å². The largest absolute Gasteiger partial charge is 0.393 e. The average Bonchev–Trinajstić information content (AvgIpc) is 1.75. The van der Waals surface area contributed by atoms with Crippen molar-refractivity contribution in [3.63, 3.8) is 0 Å². The fourth-order valence-electron chi connectivity index (χ4n) is 12.3. The molecule has 2 aromatic heterocycles. The van der Waals surface area contributed by atoms with Gasteiger partial charge in [0, 0.05) is 50.3 Å². The third-order valence-electron chi connectivity index (χ3n) is 20.3. The summed E-state index contributed by atoms with van der Waals surface area (Å²) in [5.41, 5.74) is 7.75. The summed E-state index contributed by atoms with van der Waals surface area (Å²) in [6.07, 6.45) is 22.3. The molecule has 4 aliphatic heterocycles. The van der Waals surface area contributed by atoms with Crippen LogP contribution in [0.4, 0.5) is 0 Å². The Balaban J connectivity index is 0.000000991. The number of aliphatic hydroxyl groups is 1. The fourth-order valence-corrected chi connectivity index (χ4v) is 12.3. The van der Waals surface area contributed by atoms with Crippen LogP contribution in [0.3, 0.4) is 0 Å². The van der Waals surface area contributed by atoms with Crippen molar-refractivity contribution in [1.82, 2.24) is 24.7 Å². The Labute approximate surface area is 571 Å². The number of piperidine rings is 1. The fraction of sp³-hybridized carbons (Fsp3) is 0.881. The zero-order valence-corrected chi connectivity index (χ0v) is 68.3. The van der Waals surface area contributed by atoms with Gasteiger partial charge in [0.1, 0.15) is 0 Å². The highest BCUT2D eigenvalue weighted by atomic mass is 16.5. The smallest absolute Gasteiger partial charge is 0.0546 e. The topological polar surface area (TPSA) is 65.0 Å². The highest BCUT2D eigenvalue weighted by molar-refractivity contribution is 5.19. The zero-order valence-electron chi connectivity index (χ0n) is 68.3. The van der Waals surface area contributed by atoms with Crippen molar-refractivity contribution in [3.05, 3.63) is 60.2 Å². The second kappa shape index (κ2) is 37.7. The number of nitrogens with zero attached hydrogens (tertiary/aromatic N) is 5. The molecule has 536 valence electrons. The van der Waals surface area contributed by atoms with E-state index in [0.29, 0.717) is 48.7 Å². The molecule has 2 aromatic rings. The lowest BCUT2D eigenvalue weighted by Gasteiger charge is -2.44. The van der Waals surface area contributed by atoms with Crippen LogP contribution in [-0.2, 0) is 15.6 Å². The SMILES string of the molecule is CC(C)(C)C1CC(O)C1.CC(C)(C)C1CC1.CC(C)(C)C1CCC1.CC(C)(C)C1COC1.CC(C)(C)CC(C)(C)C.CC(C)(C)c1cccnc1.CC(C)(C)c1ccncc1.CN1CC(C(C)(C)C)C1.CN1CCC(C(C)(C)C)C1.CN1CCC(C(C)(C)C)CC1. The van der Waals surface area contributed by atoms with E-state index >= 15 is 0 Å². The summed E-state index contributed by atoms with van der Waals surface area (Å²) in [6.45, 7) is 85.2. The van der Waals surface area contributed by atoms with E-state index in [2.05, 4.69) is 292 Å². The predicted molar refractivity (Wildman–Crippen MR) is 406 cm³/mol. The molecule has 0 aromatic carbocycles. The Bertz CT molecular complexity index is 2020. The first-order valence-corrected chi connectivity index (χ1v) is 36.9. The molecule has 1 atom stereocenters. The number of ether oxygens (including phenoxy) is 1. The maximum Gasteiger partial charge on any atom is 0.0546 e. The van der Waals surface area contributed by atoms with Crippen LogP contribution in [0.2, 0.25) is 0 Å². The second-order valence-corrected chi connectivity index (χ2v) is 41.5. The summed E-state index contributed by atoms with van der Waals surface area (Å²) in [5, 5.41) is 8.98. The minimum Gasteiger partial charge on any atom is -0.393 e. The van der Waals surface area contributed by atoms with Crippen LogP contribution < -0.4 is 0 Å². The molecule has 7 aliphatic rings. The Hall–Kier alpha value is -1.90. The van der Waals surface area contributed by atoms with Crippen LogP contribution in [0, 0.1) is 90.2 Å². The maximum atomic E-state index is 8.98. The van der Waals surface area contributed by atoms with Gasteiger partial charge in [-0.05, 0) is 229 Å². The Kier molecular flexibility index (Phi) is 36.9. The number of aromatic nitrogens is 2. The number of hydrogen-bond donors (Lipinski definition) is 1. The number of aliphatic hydroxyl groups excluding tert-OH is 1. The van der Waals surface area contributed by atoms with Gasteiger partial charge in [-0.15, -0.1) is 0 Å². The first kappa shape index (κ1) is 89.1. The van der Waals surface area contributed by atoms with Crippen molar-refractivity contribution in [3.8, 4) is 0 Å². The van der Waals surface area contributed by atoms with Gasteiger partial charge >= 0.3 is 0 Å². The predicted octanol–water partition coefficient (Wildman–Crippen LogP) is 22.9. The van der Waals surface area contributed by atoms with Crippen LogP contribution in [0.5, 0.6) is 0 Å². The second-order valence-electron chi connectivity index (χ2n) is 41.5. The van der Waals surface area contributed by atoms with Crippen molar-refractivity contribution in [2.45, 2.75) is 316 Å². The third-order valence-corrected chi connectivity index (χ3v) is 20.3. The minimum absolute atomic E-state index is 0.00854. The molecule has 0 bridgehead atoms. The van der Waals surface area contributed by atoms with E-state index < -0.39 is 0 Å². The normalized spacial score (nSPS) is 21.7. The number of hydrogen-bond acceptors (Lipinski definition) is 7. The lowest BCUT2D eigenvalue weighted by molar-refractivity contribution is -0.0821. The highest BCUT2D eigenvalue weighted by Crippen LogP contribution is 2.45. The van der Waals surface area contributed by atoms with E-state index in [0.717, 1.165) is 67.5 Å². The Morgan fingerprint density at radius 1 is 0.374 bits per heavy atom. The van der Waals surface area contributed by atoms with Gasteiger partial charge in [0.25, 0.3) is 0 Å². The Morgan fingerprint density at radius 2 is 0.725 bits per heavy atom. The van der Waals surface area contributed by atoms with Crippen molar-refractivity contribution in [2.75, 3.05) is 73.6 Å². The van der Waals surface area contributed by atoms with E-state index in [1.165, 1.54) is 108 Å². The molecule has 0 radical (unpaired) electrons. The molecule has 91 heavy (non-hydrogen) atoms. The molecule has 1 unspecified atom stereocenters. The lowest BCUT2D eigenvalue weighted by Crippen LogP contribution is -2.49. The molecule has 0 spiro atoms.